The van der Waals surface area contributed by atoms with Crippen LogP contribution in [0.2, 0.25) is 0 Å². The number of nitrogens with one attached hydrogen (secondary N) is 1. The van der Waals surface area contributed by atoms with E-state index in [0.717, 1.165) is 0 Å². The molecule has 0 spiro atoms. The minimum absolute atomic E-state index is 0.190. The third-order valence-electron chi connectivity index (χ3n) is 0.620. The molecule has 1 rings (SSSR count). The van der Waals surface area contributed by atoms with Crippen molar-refractivity contribution < 1.29 is 0 Å². The van der Waals surface area contributed by atoms with Gasteiger partial charge in [-0.15, -0.1) is 0 Å². The van der Waals surface area contributed by atoms with Crippen molar-refractivity contribution in [2.75, 3.05) is 0 Å². The number of nitrogens with zero attached hydrogens (tertiary/aromatic N) is 3. The first kappa shape index (κ1) is 5.43. The minimum Gasteiger partial charge on any atom is -0.276 e. The molecule has 0 aliphatic carbocycles. The Bertz CT molecular complexity index is 179. The SMILES string of the molecule is N=C(Br)n1cncn1. The molecule has 0 saturated carbocycles. The van der Waals surface area contributed by atoms with Crippen molar-refractivity contribution in [3.63, 3.8) is 0 Å². The Morgan fingerprint density at radius 3 is 2.75 bits per heavy atom. The van der Waals surface area contributed by atoms with E-state index in [1.807, 2.05) is 0 Å². The highest BCUT2D eigenvalue weighted by Gasteiger charge is 1.90. The number of hydrogen-bond acceptors (Lipinski definition) is 3. The number of halogens is 1. The van der Waals surface area contributed by atoms with Crippen LogP contribution in [0.3, 0.4) is 0 Å². The Hall–Kier alpha value is -0.710. The summed E-state index contributed by atoms with van der Waals surface area (Å²) in [6.07, 6.45) is 2.81. The van der Waals surface area contributed by atoms with E-state index in [1.54, 1.807) is 0 Å². The zero-order valence-electron chi connectivity index (χ0n) is 3.87. The average molecular weight is 175 g/mol. The van der Waals surface area contributed by atoms with E-state index in [0.29, 0.717) is 0 Å². The van der Waals surface area contributed by atoms with Gasteiger partial charge in [-0.2, -0.15) is 9.78 Å². The van der Waals surface area contributed by atoms with Crippen LogP contribution < -0.4 is 0 Å². The molecule has 0 radical (unpaired) electrons. The normalized spacial score (nSPS) is 9.12. The molecule has 0 aliphatic heterocycles. The lowest BCUT2D eigenvalue weighted by Crippen LogP contribution is -2.01. The zero-order valence-corrected chi connectivity index (χ0v) is 5.46. The predicted octanol–water partition coefficient (Wildman–Crippen LogP) is 0.456. The van der Waals surface area contributed by atoms with E-state index in [1.165, 1.54) is 17.3 Å². The fraction of sp³-hybridized carbons (Fsp3) is 0. The Balaban J connectivity index is 2.93. The smallest absolute Gasteiger partial charge is 0.191 e. The van der Waals surface area contributed by atoms with Crippen molar-refractivity contribution in [1.29, 1.82) is 5.41 Å². The molecule has 8 heavy (non-hydrogen) atoms. The molecule has 0 bridgehead atoms. The van der Waals surface area contributed by atoms with E-state index >= 15 is 0 Å². The van der Waals surface area contributed by atoms with Gasteiger partial charge in [-0.05, 0) is 15.9 Å². The third-order valence-corrected chi connectivity index (χ3v) is 0.983. The lowest BCUT2D eigenvalue weighted by atomic mass is 11.2. The molecule has 0 aliphatic rings. The Morgan fingerprint density at radius 1 is 1.75 bits per heavy atom. The highest BCUT2D eigenvalue weighted by Crippen LogP contribution is 1.86. The first-order valence-electron chi connectivity index (χ1n) is 1.90. The molecule has 1 heterocycles. The summed E-state index contributed by atoms with van der Waals surface area (Å²) in [5.41, 5.74) is 0. The second kappa shape index (κ2) is 2.04. The molecule has 1 N–H and O–H groups in total. The van der Waals surface area contributed by atoms with Gasteiger partial charge in [0, 0.05) is 0 Å². The average Bonchev–Trinajstić information content (AvgIpc) is 2.12. The first-order chi connectivity index (χ1) is 3.80. The quantitative estimate of drug-likeness (QED) is 0.459. The second-order valence-corrected chi connectivity index (χ2v) is 1.88. The van der Waals surface area contributed by atoms with Crippen molar-refractivity contribution in [2.45, 2.75) is 0 Å². The third kappa shape index (κ3) is 0.919. The molecule has 4 nitrogen and oxygen atoms in total. The van der Waals surface area contributed by atoms with Crippen molar-refractivity contribution in [3.8, 4) is 0 Å². The Kier molecular flexibility index (Phi) is 1.38. The van der Waals surface area contributed by atoms with Gasteiger partial charge < -0.3 is 0 Å². The van der Waals surface area contributed by atoms with E-state index in [9.17, 15) is 0 Å². The van der Waals surface area contributed by atoms with Crippen LogP contribution in [0.25, 0.3) is 0 Å². The van der Waals surface area contributed by atoms with Crippen LogP contribution >= 0.6 is 15.9 Å². The van der Waals surface area contributed by atoms with Crippen molar-refractivity contribution >= 4 is 20.7 Å². The van der Waals surface area contributed by atoms with Crippen LogP contribution in [0, 0.1) is 5.41 Å². The molecule has 0 atom stereocenters. The number of hydrogen-bond donors (Lipinski definition) is 1. The summed E-state index contributed by atoms with van der Waals surface area (Å²) in [5, 5.41) is 10.6. The number of aromatic nitrogens is 3. The summed E-state index contributed by atoms with van der Waals surface area (Å²) in [4.78, 5) is 3.62. The van der Waals surface area contributed by atoms with Crippen LogP contribution in [0.1, 0.15) is 0 Å². The largest absolute Gasteiger partial charge is 0.276 e. The maximum absolute atomic E-state index is 6.93. The van der Waals surface area contributed by atoms with Crippen molar-refractivity contribution in [2.24, 2.45) is 0 Å². The van der Waals surface area contributed by atoms with Crippen LogP contribution in [-0.4, -0.2) is 19.5 Å². The molecule has 0 unspecified atom stereocenters. The van der Waals surface area contributed by atoms with Gasteiger partial charge in [0.15, 0.2) is 4.74 Å². The molecule has 1 aromatic rings. The topological polar surface area (TPSA) is 54.6 Å². The van der Waals surface area contributed by atoms with E-state index in [-0.39, 0.29) is 4.74 Å². The number of rotatable bonds is 0. The first-order valence-corrected chi connectivity index (χ1v) is 2.69. The van der Waals surface area contributed by atoms with Gasteiger partial charge in [0.25, 0.3) is 0 Å². The molecule has 0 saturated heterocycles. The summed E-state index contributed by atoms with van der Waals surface area (Å²) in [6, 6.07) is 0. The van der Waals surface area contributed by atoms with Crippen LogP contribution in [-0.2, 0) is 0 Å². The molecule has 42 valence electrons. The lowest BCUT2D eigenvalue weighted by molar-refractivity contribution is 0.943. The van der Waals surface area contributed by atoms with Gasteiger partial charge in [0.1, 0.15) is 12.7 Å². The molecular formula is C3H3BrN4. The summed E-state index contributed by atoms with van der Waals surface area (Å²) in [6.45, 7) is 0. The Morgan fingerprint density at radius 2 is 2.50 bits per heavy atom. The van der Waals surface area contributed by atoms with Gasteiger partial charge in [0.05, 0.1) is 0 Å². The van der Waals surface area contributed by atoms with Gasteiger partial charge >= 0.3 is 0 Å². The van der Waals surface area contributed by atoms with E-state index in [2.05, 4.69) is 26.0 Å². The van der Waals surface area contributed by atoms with Crippen molar-refractivity contribution in [3.05, 3.63) is 12.7 Å². The molecule has 5 heteroatoms. The molecular weight excluding hydrogens is 172 g/mol. The standard InChI is InChI=1S/C3H3BrN4/c4-3(5)8-2-6-1-7-8/h1-2,5H. The van der Waals surface area contributed by atoms with E-state index < -0.39 is 0 Å². The van der Waals surface area contributed by atoms with Crippen LogP contribution in [0.5, 0.6) is 0 Å². The maximum Gasteiger partial charge on any atom is 0.191 e. The zero-order chi connectivity index (χ0) is 5.98. The predicted molar refractivity (Wildman–Crippen MR) is 32.1 cm³/mol. The maximum atomic E-state index is 6.93. The highest BCUT2D eigenvalue weighted by molar-refractivity contribution is 9.18. The van der Waals surface area contributed by atoms with Gasteiger partial charge in [-0.3, -0.25) is 5.41 Å². The van der Waals surface area contributed by atoms with Crippen LogP contribution in [0.15, 0.2) is 12.7 Å². The fourth-order valence-corrected chi connectivity index (χ4v) is 0.493. The van der Waals surface area contributed by atoms with Gasteiger partial charge in [-0.25, -0.2) is 4.98 Å². The molecule has 0 fully saturated rings. The summed E-state index contributed by atoms with van der Waals surface area (Å²) in [7, 11) is 0. The minimum atomic E-state index is 0.190. The summed E-state index contributed by atoms with van der Waals surface area (Å²) < 4.78 is 1.50. The fourth-order valence-electron chi connectivity index (χ4n) is 0.310. The molecule has 0 amide bonds. The summed E-state index contributed by atoms with van der Waals surface area (Å²) in [5.74, 6) is 0. The van der Waals surface area contributed by atoms with Crippen molar-refractivity contribution in [1.82, 2.24) is 14.8 Å². The van der Waals surface area contributed by atoms with Crippen LogP contribution in [0.4, 0.5) is 0 Å². The molecule has 1 aromatic heterocycles. The lowest BCUT2D eigenvalue weighted by Gasteiger charge is -1.87. The van der Waals surface area contributed by atoms with E-state index in [4.69, 9.17) is 5.41 Å². The second-order valence-electron chi connectivity index (χ2n) is 1.13. The van der Waals surface area contributed by atoms with Gasteiger partial charge in [0.2, 0.25) is 0 Å². The Labute approximate surface area is 54.2 Å². The summed E-state index contributed by atoms with van der Waals surface area (Å²) >= 11 is 2.91. The molecule has 0 aromatic carbocycles. The van der Waals surface area contributed by atoms with Gasteiger partial charge in [-0.1, -0.05) is 0 Å². The monoisotopic (exact) mass is 174 g/mol. The highest BCUT2D eigenvalue weighted by atomic mass is 79.9.